The lowest BCUT2D eigenvalue weighted by molar-refractivity contribution is 0.651. The number of aromatic nitrogens is 2. The summed E-state index contributed by atoms with van der Waals surface area (Å²) in [7, 11) is 0. The third-order valence-electron chi connectivity index (χ3n) is 1.45. The molecule has 1 aromatic heterocycles. The van der Waals surface area contributed by atoms with E-state index in [2.05, 4.69) is 18.6 Å². The molecule has 0 spiro atoms. The summed E-state index contributed by atoms with van der Waals surface area (Å²) in [6, 6.07) is 1.98. The Morgan fingerprint density at radius 2 is 2.50 bits per heavy atom. The number of nitrogens with zero attached hydrogens (tertiary/aromatic N) is 2. The van der Waals surface area contributed by atoms with Crippen LogP contribution in [0.3, 0.4) is 0 Å². The van der Waals surface area contributed by atoms with Crippen molar-refractivity contribution >= 4 is 5.57 Å². The molecule has 0 saturated heterocycles. The average Bonchev–Trinajstić information content (AvgIpc) is 2.33. The minimum absolute atomic E-state index is 0.912. The highest BCUT2D eigenvalue weighted by Crippen LogP contribution is 2.09. The molecule has 1 heterocycles. The molecule has 0 aliphatic rings. The van der Waals surface area contributed by atoms with E-state index >= 15 is 0 Å². The van der Waals surface area contributed by atoms with Crippen molar-refractivity contribution in [2.24, 2.45) is 0 Å². The monoisotopic (exact) mass is 136 g/mol. The molecule has 10 heavy (non-hydrogen) atoms. The summed E-state index contributed by atoms with van der Waals surface area (Å²) in [4.78, 5) is 0. The summed E-state index contributed by atoms with van der Waals surface area (Å²) < 4.78 is 1.93. The van der Waals surface area contributed by atoms with Gasteiger partial charge in [-0.2, -0.15) is 5.10 Å². The molecular formula is C8H12N2. The molecule has 1 aromatic rings. The van der Waals surface area contributed by atoms with E-state index in [1.165, 1.54) is 0 Å². The fourth-order valence-electron chi connectivity index (χ4n) is 0.947. The molecule has 0 aliphatic carbocycles. The van der Waals surface area contributed by atoms with Gasteiger partial charge < -0.3 is 0 Å². The van der Waals surface area contributed by atoms with Crippen molar-refractivity contribution < 1.29 is 0 Å². The van der Waals surface area contributed by atoms with Gasteiger partial charge in [0.05, 0.1) is 5.69 Å². The topological polar surface area (TPSA) is 17.8 Å². The zero-order valence-corrected chi connectivity index (χ0v) is 6.46. The maximum Gasteiger partial charge on any atom is 0.0632 e. The van der Waals surface area contributed by atoms with E-state index in [9.17, 15) is 0 Å². The van der Waals surface area contributed by atoms with E-state index in [0.29, 0.717) is 0 Å². The Bertz CT molecular complexity index is 235. The molecule has 0 N–H and O–H groups in total. The highest BCUT2D eigenvalue weighted by Gasteiger charge is 1.98. The molecule has 1 rings (SSSR count). The van der Waals surface area contributed by atoms with Crippen LogP contribution in [-0.2, 0) is 6.54 Å². The lowest BCUT2D eigenvalue weighted by atomic mass is 10.2. The van der Waals surface area contributed by atoms with Crippen LogP contribution < -0.4 is 0 Å². The Kier molecular flexibility index (Phi) is 1.90. The van der Waals surface area contributed by atoms with Crippen molar-refractivity contribution in [3.8, 4) is 0 Å². The molecule has 0 bridgehead atoms. The molecule has 2 heteroatoms. The Morgan fingerprint density at radius 1 is 1.80 bits per heavy atom. The fraction of sp³-hybridized carbons (Fsp3) is 0.375. The molecule has 0 saturated carbocycles. The summed E-state index contributed by atoms with van der Waals surface area (Å²) >= 11 is 0. The van der Waals surface area contributed by atoms with Gasteiger partial charge in [0, 0.05) is 12.7 Å². The van der Waals surface area contributed by atoms with E-state index in [1.54, 1.807) is 6.20 Å². The van der Waals surface area contributed by atoms with E-state index in [4.69, 9.17) is 0 Å². The summed E-state index contributed by atoms with van der Waals surface area (Å²) in [6.07, 6.45) is 1.80. The molecule has 54 valence electrons. The van der Waals surface area contributed by atoms with E-state index in [1.807, 2.05) is 17.7 Å². The number of rotatable bonds is 2. The molecule has 0 unspecified atom stereocenters. The normalized spacial score (nSPS) is 9.80. The van der Waals surface area contributed by atoms with Crippen LogP contribution in [0.15, 0.2) is 18.8 Å². The zero-order valence-electron chi connectivity index (χ0n) is 6.46. The van der Waals surface area contributed by atoms with Crippen LogP contribution in [0.2, 0.25) is 0 Å². The Morgan fingerprint density at radius 3 is 2.90 bits per heavy atom. The highest BCUT2D eigenvalue weighted by molar-refractivity contribution is 5.57. The summed E-state index contributed by atoms with van der Waals surface area (Å²) in [5.74, 6) is 0. The van der Waals surface area contributed by atoms with E-state index in [0.717, 1.165) is 17.8 Å². The highest BCUT2D eigenvalue weighted by atomic mass is 15.3. The van der Waals surface area contributed by atoms with Crippen LogP contribution in [0.5, 0.6) is 0 Å². The van der Waals surface area contributed by atoms with Gasteiger partial charge in [0.15, 0.2) is 0 Å². The minimum Gasteiger partial charge on any atom is -0.266 e. The Balaban J connectivity index is 3.01. The van der Waals surface area contributed by atoms with Gasteiger partial charge in [-0.1, -0.05) is 6.58 Å². The Labute approximate surface area is 61.2 Å². The van der Waals surface area contributed by atoms with Crippen LogP contribution >= 0.6 is 0 Å². The number of aryl methyl sites for hydroxylation is 1. The lowest BCUT2D eigenvalue weighted by Crippen LogP contribution is -1.99. The van der Waals surface area contributed by atoms with Crippen LogP contribution in [-0.4, -0.2) is 9.78 Å². The van der Waals surface area contributed by atoms with Crippen molar-refractivity contribution in [3.05, 3.63) is 24.5 Å². The van der Waals surface area contributed by atoms with Crippen LogP contribution in [0.1, 0.15) is 19.5 Å². The number of hydrogen-bond acceptors (Lipinski definition) is 1. The first kappa shape index (κ1) is 7.06. The zero-order chi connectivity index (χ0) is 7.56. The third-order valence-corrected chi connectivity index (χ3v) is 1.45. The van der Waals surface area contributed by atoms with Crippen LogP contribution in [0.4, 0.5) is 0 Å². The van der Waals surface area contributed by atoms with Crippen molar-refractivity contribution in [1.82, 2.24) is 9.78 Å². The maximum absolute atomic E-state index is 4.11. The van der Waals surface area contributed by atoms with Crippen molar-refractivity contribution in [1.29, 1.82) is 0 Å². The average molecular weight is 136 g/mol. The summed E-state index contributed by atoms with van der Waals surface area (Å²) in [5, 5.41) is 4.11. The standard InChI is InChI=1S/C8H12N2/c1-4-10-8(7(2)3)5-6-9-10/h5-6H,2,4H2,1,3H3. The quantitative estimate of drug-likeness (QED) is 0.607. The second-order valence-electron chi connectivity index (χ2n) is 2.31. The smallest absolute Gasteiger partial charge is 0.0632 e. The SMILES string of the molecule is C=C(C)c1ccnn1CC. The third kappa shape index (κ3) is 1.10. The van der Waals surface area contributed by atoms with Crippen molar-refractivity contribution in [2.75, 3.05) is 0 Å². The largest absolute Gasteiger partial charge is 0.266 e. The van der Waals surface area contributed by atoms with E-state index < -0.39 is 0 Å². The minimum atomic E-state index is 0.912. The van der Waals surface area contributed by atoms with E-state index in [-0.39, 0.29) is 0 Å². The molecule has 0 radical (unpaired) electrons. The van der Waals surface area contributed by atoms with Gasteiger partial charge in [-0.25, -0.2) is 0 Å². The fourth-order valence-corrected chi connectivity index (χ4v) is 0.947. The predicted octanol–water partition coefficient (Wildman–Crippen LogP) is 1.94. The molecule has 0 fully saturated rings. The summed E-state index contributed by atoms with van der Waals surface area (Å²) in [5.41, 5.74) is 2.20. The van der Waals surface area contributed by atoms with Gasteiger partial charge in [-0.3, -0.25) is 4.68 Å². The number of hydrogen-bond donors (Lipinski definition) is 0. The lowest BCUT2D eigenvalue weighted by Gasteiger charge is -2.01. The molecular weight excluding hydrogens is 124 g/mol. The van der Waals surface area contributed by atoms with Crippen LogP contribution in [0.25, 0.3) is 5.57 Å². The predicted molar refractivity (Wildman–Crippen MR) is 42.6 cm³/mol. The van der Waals surface area contributed by atoms with Gasteiger partial charge in [0.1, 0.15) is 0 Å². The van der Waals surface area contributed by atoms with Gasteiger partial charge in [0.25, 0.3) is 0 Å². The first-order valence-electron chi connectivity index (χ1n) is 3.43. The van der Waals surface area contributed by atoms with Crippen molar-refractivity contribution in [2.45, 2.75) is 20.4 Å². The molecule has 0 atom stereocenters. The van der Waals surface area contributed by atoms with Crippen LogP contribution in [0, 0.1) is 0 Å². The number of allylic oxidation sites excluding steroid dienone is 1. The summed E-state index contributed by atoms with van der Waals surface area (Å²) in [6.45, 7) is 8.82. The maximum atomic E-state index is 4.11. The van der Waals surface area contributed by atoms with Gasteiger partial charge in [-0.05, 0) is 25.5 Å². The van der Waals surface area contributed by atoms with Crippen molar-refractivity contribution in [3.63, 3.8) is 0 Å². The second kappa shape index (κ2) is 2.69. The first-order chi connectivity index (χ1) is 4.75. The second-order valence-corrected chi connectivity index (χ2v) is 2.31. The van der Waals surface area contributed by atoms with Gasteiger partial charge >= 0.3 is 0 Å². The molecule has 0 aliphatic heterocycles. The Hall–Kier alpha value is -1.05. The van der Waals surface area contributed by atoms with Gasteiger partial charge in [0.2, 0.25) is 0 Å². The first-order valence-corrected chi connectivity index (χ1v) is 3.43. The molecule has 2 nitrogen and oxygen atoms in total. The molecule has 0 aromatic carbocycles. The van der Waals surface area contributed by atoms with Gasteiger partial charge in [-0.15, -0.1) is 0 Å². The molecule has 0 amide bonds.